The van der Waals surface area contributed by atoms with E-state index in [1.54, 1.807) is 6.26 Å². The minimum atomic E-state index is 0.137. The molecule has 82 valence electrons. The zero-order valence-electron chi connectivity index (χ0n) is 9.38. The lowest BCUT2D eigenvalue weighted by atomic mass is 10.1. The molecule has 0 aromatic carbocycles. The number of hydrogen-bond donors (Lipinski definition) is 0. The van der Waals surface area contributed by atoms with E-state index in [0.717, 1.165) is 42.8 Å². The topological polar surface area (TPSA) is 33.5 Å². The van der Waals surface area contributed by atoms with Crippen LogP contribution < -0.4 is 0 Å². The molecule has 0 spiro atoms. The largest absolute Gasteiger partial charge is 0.469 e. The van der Waals surface area contributed by atoms with Crippen LogP contribution >= 0.6 is 0 Å². The molecule has 0 unspecified atom stereocenters. The summed E-state index contributed by atoms with van der Waals surface area (Å²) in [7, 11) is 0. The molecule has 0 bridgehead atoms. The van der Waals surface area contributed by atoms with E-state index in [1.165, 1.54) is 6.42 Å². The van der Waals surface area contributed by atoms with Crippen molar-refractivity contribution in [3.63, 3.8) is 0 Å². The standard InChI is InChI=1S/C12H17NO2/c1-9-8-15-10(2)11(9)12(14)13-6-4-3-5-7-13/h8H,3-7H2,1-2H3. The highest BCUT2D eigenvalue weighted by molar-refractivity contribution is 5.96. The van der Waals surface area contributed by atoms with Crippen LogP contribution in [0.25, 0.3) is 0 Å². The molecule has 1 fully saturated rings. The first-order chi connectivity index (χ1) is 7.20. The summed E-state index contributed by atoms with van der Waals surface area (Å²) >= 11 is 0. The van der Waals surface area contributed by atoms with E-state index >= 15 is 0 Å². The zero-order valence-corrected chi connectivity index (χ0v) is 9.38. The number of piperidine rings is 1. The van der Waals surface area contributed by atoms with E-state index in [1.807, 2.05) is 18.7 Å². The lowest BCUT2D eigenvalue weighted by molar-refractivity contribution is 0.0722. The van der Waals surface area contributed by atoms with Gasteiger partial charge >= 0.3 is 0 Å². The van der Waals surface area contributed by atoms with E-state index in [4.69, 9.17) is 4.42 Å². The van der Waals surface area contributed by atoms with Crippen LogP contribution in [0.1, 0.15) is 40.9 Å². The van der Waals surface area contributed by atoms with Crippen molar-refractivity contribution in [2.45, 2.75) is 33.1 Å². The summed E-state index contributed by atoms with van der Waals surface area (Å²) in [5.41, 5.74) is 1.71. The molecule has 1 aromatic rings. The highest BCUT2D eigenvalue weighted by Crippen LogP contribution is 2.20. The second-order valence-corrected chi connectivity index (χ2v) is 4.20. The van der Waals surface area contributed by atoms with Crippen LogP contribution in [0.2, 0.25) is 0 Å². The summed E-state index contributed by atoms with van der Waals surface area (Å²) < 4.78 is 5.26. The molecule has 0 atom stereocenters. The van der Waals surface area contributed by atoms with Crippen LogP contribution in [0.4, 0.5) is 0 Å². The molecule has 0 radical (unpaired) electrons. The van der Waals surface area contributed by atoms with Gasteiger partial charge in [-0.15, -0.1) is 0 Å². The van der Waals surface area contributed by atoms with E-state index in [9.17, 15) is 4.79 Å². The molecule has 3 nitrogen and oxygen atoms in total. The fourth-order valence-corrected chi connectivity index (χ4v) is 2.15. The fraction of sp³-hybridized carbons (Fsp3) is 0.583. The Balaban J connectivity index is 2.19. The fourth-order valence-electron chi connectivity index (χ4n) is 2.15. The van der Waals surface area contributed by atoms with Gasteiger partial charge < -0.3 is 9.32 Å². The average molecular weight is 207 g/mol. The van der Waals surface area contributed by atoms with Crippen LogP contribution in [-0.4, -0.2) is 23.9 Å². The second-order valence-electron chi connectivity index (χ2n) is 4.20. The van der Waals surface area contributed by atoms with Crippen molar-refractivity contribution in [3.8, 4) is 0 Å². The third-order valence-corrected chi connectivity index (χ3v) is 3.02. The Morgan fingerprint density at radius 3 is 2.47 bits per heavy atom. The van der Waals surface area contributed by atoms with Gasteiger partial charge in [0.2, 0.25) is 0 Å². The van der Waals surface area contributed by atoms with Gasteiger partial charge in [0.15, 0.2) is 0 Å². The first-order valence-corrected chi connectivity index (χ1v) is 5.54. The van der Waals surface area contributed by atoms with Crippen molar-refractivity contribution in [2.24, 2.45) is 0 Å². The third kappa shape index (κ3) is 1.91. The molecule has 1 amide bonds. The Morgan fingerprint density at radius 1 is 1.27 bits per heavy atom. The van der Waals surface area contributed by atoms with Gasteiger partial charge in [0.1, 0.15) is 5.76 Å². The van der Waals surface area contributed by atoms with Crippen molar-refractivity contribution >= 4 is 5.91 Å². The van der Waals surface area contributed by atoms with Gasteiger partial charge in [0.05, 0.1) is 11.8 Å². The van der Waals surface area contributed by atoms with Crippen molar-refractivity contribution in [2.75, 3.05) is 13.1 Å². The highest BCUT2D eigenvalue weighted by Gasteiger charge is 2.22. The lowest BCUT2D eigenvalue weighted by Gasteiger charge is -2.26. The summed E-state index contributed by atoms with van der Waals surface area (Å²) in [4.78, 5) is 14.1. The number of furan rings is 1. The van der Waals surface area contributed by atoms with E-state index in [2.05, 4.69) is 0 Å². The van der Waals surface area contributed by atoms with E-state index in [0.29, 0.717) is 0 Å². The minimum Gasteiger partial charge on any atom is -0.469 e. The molecule has 3 heteroatoms. The van der Waals surface area contributed by atoms with E-state index < -0.39 is 0 Å². The number of amides is 1. The predicted molar refractivity (Wildman–Crippen MR) is 57.9 cm³/mol. The number of rotatable bonds is 1. The van der Waals surface area contributed by atoms with Crippen molar-refractivity contribution in [1.82, 2.24) is 4.90 Å². The summed E-state index contributed by atoms with van der Waals surface area (Å²) in [6.07, 6.45) is 5.16. The molecule has 1 aliphatic heterocycles. The number of carbonyl (C=O) groups is 1. The lowest BCUT2D eigenvalue weighted by Crippen LogP contribution is -2.36. The normalized spacial score (nSPS) is 16.8. The number of likely N-dealkylation sites (tertiary alicyclic amines) is 1. The molecule has 2 rings (SSSR count). The van der Waals surface area contributed by atoms with Gasteiger partial charge in [0, 0.05) is 18.7 Å². The van der Waals surface area contributed by atoms with E-state index in [-0.39, 0.29) is 5.91 Å². The predicted octanol–water partition coefficient (Wildman–Crippen LogP) is 2.52. The average Bonchev–Trinajstić information content (AvgIpc) is 2.59. The van der Waals surface area contributed by atoms with Crippen LogP contribution in [0, 0.1) is 13.8 Å². The molecule has 1 saturated heterocycles. The number of aryl methyl sites for hydroxylation is 2. The van der Waals surface area contributed by atoms with Gasteiger partial charge in [-0.05, 0) is 33.1 Å². The maximum absolute atomic E-state index is 12.2. The molecule has 2 heterocycles. The SMILES string of the molecule is Cc1coc(C)c1C(=O)N1CCCCC1. The Hall–Kier alpha value is -1.25. The van der Waals surface area contributed by atoms with Crippen LogP contribution in [0.5, 0.6) is 0 Å². The Kier molecular flexibility index (Phi) is 2.80. The Morgan fingerprint density at radius 2 is 1.93 bits per heavy atom. The van der Waals surface area contributed by atoms with Gasteiger partial charge in [0.25, 0.3) is 5.91 Å². The molecular weight excluding hydrogens is 190 g/mol. The zero-order chi connectivity index (χ0) is 10.8. The first-order valence-electron chi connectivity index (χ1n) is 5.54. The summed E-state index contributed by atoms with van der Waals surface area (Å²) in [5, 5.41) is 0. The summed E-state index contributed by atoms with van der Waals surface area (Å²) in [6, 6.07) is 0. The quantitative estimate of drug-likeness (QED) is 0.709. The van der Waals surface area contributed by atoms with Gasteiger partial charge in [-0.3, -0.25) is 4.79 Å². The minimum absolute atomic E-state index is 0.137. The van der Waals surface area contributed by atoms with Gasteiger partial charge in [-0.2, -0.15) is 0 Å². The molecule has 15 heavy (non-hydrogen) atoms. The molecule has 0 N–H and O–H groups in total. The monoisotopic (exact) mass is 207 g/mol. The maximum atomic E-state index is 12.2. The maximum Gasteiger partial charge on any atom is 0.257 e. The van der Waals surface area contributed by atoms with Crippen LogP contribution in [0.3, 0.4) is 0 Å². The number of nitrogens with zero attached hydrogens (tertiary/aromatic N) is 1. The van der Waals surface area contributed by atoms with Crippen molar-refractivity contribution in [1.29, 1.82) is 0 Å². The molecule has 1 aliphatic rings. The highest BCUT2D eigenvalue weighted by atomic mass is 16.3. The first kappa shape index (κ1) is 10.3. The second kappa shape index (κ2) is 4.09. The number of carbonyl (C=O) groups excluding carboxylic acids is 1. The van der Waals surface area contributed by atoms with Crippen LogP contribution in [0.15, 0.2) is 10.7 Å². The smallest absolute Gasteiger partial charge is 0.257 e. The summed E-state index contributed by atoms with van der Waals surface area (Å²) in [6.45, 7) is 5.56. The number of hydrogen-bond acceptors (Lipinski definition) is 2. The molecule has 1 aromatic heterocycles. The van der Waals surface area contributed by atoms with Gasteiger partial charge in [-0.1, -0.05) is 0 Å². The Labute approximate surface area is 90.1 Å². The molecule has 0 saturated carbocycles. The molecule has 0 aliphatic carbocycles. The third-order valence-electron chi connectivity index (χ3n) is 3.02. The Bertz CT molecular complexity index is 342. The van der Waals surface area contributed by atoms with Crippen molar-refractivity contribution < 1.29 is 9.21 Å². The van der Waals surface area contributed by atoms with Gasteiger partial charge in [-0.25, -0.2) is 0 Å². The van der Waals surface area contributed by atoms with Crippen LogP contribution in [-0.2, 0) is 0 Å². The van der Waals surface area contributed by atoms with Crippen molar-refractivity contribution in [3.05, 3.63) is 23.2 Å². The molecular formula is C12H17NO2. The summed E-state index contributed by atoms with van der Waals surface area (Å²) in [5.74, 6) is 0.876.